The van der Waals surface area contributed by atoms with Crippen LogP contribution < -0.4 is 14.8 Å². The Labute approximate surface area is 119 Å². The molecule has 1 aromatic carbocycles. The van der Waals surface area contributed by atoms with E-state index in [9.17, 15) is 5.11 Å². The first-order chi connectivity index (χ1) is 9.71. The topological polar surface area (TPSA) is 69.2 Å². The molecule has 1 unspecified atom stereocenters. The number of benzene rings is 1. The van der Waals surface area contributed by atoms with Crippen LogP contribution in [0.3, 0.4) is 0 Å². The summed E-state index contributed by atoms with van der Waals surface area (Å²) < 4.78 is 20.5. The molecule has 0 aliphatic rings. The molecular weight excluding hydrogens is 262 g/mol. The van der Waals surface area contributed by atoms with Crippen LogP contribution in [0.25, 0.3) is 0 Å². The van der Waals surface area contributed by atoms with Crippen LogP contribution in [0.2, 0.25) is 0 Å². The number of hydrogen-bond donors (Lipinski definition) is 2. The molecule has 0 saturated carbocycles. The smallest absolute Gasteiger partial charge is 0.145 e. The first-order valence-electron chi connectivity index (χ1n) is 6.42. The Morgan fingerprint density at radius 3 is 2.60 bits per heavy atom. The first-order valence-corrected chi connectivity index (χ1v) is 6.42. The number of hydrogen-bond acceptors (Lipinski definition) is 6. The van der Waals surface area contributed by atoms with Gasteiger partial charge in [-0.2, -0.15) is 0 Å². The Bertz CT molecular complexity index is 386. The molecule has 0 heterocycles. The zero-order valence-electron chi connectivity index (χ0n) is 12.2. The molecule has 114 valence electrons. The third-order valence-corrected chi connectivity index (χ3v) is 2.68. The lowest BCUT2D eigenvalue weighted by molar-refractivity contribution is 0.0182. The number of anilines is 1. The molecular formula is C14H23NO5. The third-order valence-electron chi connectivity index (χ3n) is 2.68. The summed E-state index contributed by atoms with van der Waals surface area (Å²) in [7, 11) is 4.80. The summed E-state index contributed by atoms with van der Waals surface area (Å²) in [6.07, 6.45) is -0.598. The van der Waals surface area contributed by atoms with E-state index in [1.54, 1.807) is 27.4 Å². The normalized spacial score (nSPS) is 12.0. The van der Waals surface area contributed by atoms with Crippen molar-refractivity contribution in [1.29, 1.82) is 0 Å². The molecule has 1 aromatic rings. The summed E-state index contributed by atoms with van der Waals surface area (Å²) in [5, 5.41) is 12.9. The van der Waals surface area contributed by atoms with Gasteiger partial charge in [0.1, 0.15) is 11.5 Å². The molecule has 1 atom stereocenters. The molecule has 6 nitrogen and oxygen atoms in total. The van der Waals surface area contributed by atoms with Crippen molar-refractivity contribution >= 4 is 5.69 Å². The van der Waals surface area contributed by atoms with Crippen molar-refractivity contribution in [1.82, 2.24) is 0 Å². The maximum absolute atomic E-state index is 9.78. The fraction of sp³-hybridized carbons (Fsp3) is 0.571. The average molecular weight is 285 g/mol. The highest BCUT2D eigenvalue weighted by atomic mass is 16.5. The predicted octanol–water partition coefficient (Wildman–Crippen LogP) is 1.14. The van der Waals surface area contributed by atoms with Crippen LogP contribution in [0.4, 0.5) is 5.69 Å². The Hall–Kier alpha value is -1.50. The Morgan fingerprint density at radius 2 is 1.95 bits per heavy atom. The maximum atomic E-state index is 9.78. The van der Waals surface area contributed by atoms with Crippen LogP contribution in [0.15, 0.2) is 18.2 Å². The molecule has 0 saturated heterocycles. The van der Waals surface area contributed by atoms with Gasteiger partial charge in [0.25, 0.3) is 0 Å². The fourth-order valence-electron chi connectivity index (χ4n) is 1.59. The second-order valence-electron chi connectivity index (χ2n) is 4.17. The van der Waals surface area contributed by atoms with Crippen LogP contribution in [0.5, 0.6) is 11.5 Å². The van der Waals surface area contributed by atoms with Gasteiger partial charge in [0.15, 0.2) is 0 Å². The molecule has 6 heteroatoms. The molecule has 20 heavy (non-hydrogen) atoms. The molecule has 0 radical (unpaired) electrons. The monoisotopic (exact) mass is 285 g/mol. The number of methoxy groups -OCH3 is 3. The van der Waals surface area contributed by atoms with Gasteiger partial charge in [-0.3, -0.25) is 0 Å². The van der Waals surface area contributed by atoms with Crippen molar-refractivity contribution < 1.29 is 24.1 Å². The van der Waals surface area contributed by atoms with Gasteiger partial charge in [0.2, 0.25) is 0 Å². The molecule has 1 rings (SSSR count). The summed E-state index contributed by atoms with van der Waals surface area (Å²) in [4.78, 5) is 0. The summed E-state index contributed by atoms with van der Waals surface area (Å²) >= 11 is 0. The van der Waals surface area contributed by atoms with E-state index in [1.807, 2.05) is 12.1 Å². The van der Waals surface area contributed by atoms with E-state index in [-0.39, 0.29) is 6.61 Å². The minimum absolute atomic E-state index is 0.259. The van der Waals surface area contributed by atoms with Gasteiger partial charge < -0.3 is 29.4 Å². The number of ether oxygens (including phenoxy) is 4. The number of nitrogens with one attached hydrogen (secondary N) is 1. The van der Waals surface area contributed by atoms with Gasteiger partial charge in [-0.25, -0.2) is 0 Å². The van der Waals surface area contributed by atoms with E-state index < -0.39 is 6.10 Å². The van der Waals surface area contributed by atoms with Crippen LogP contribution in [0, 0.1) is 0 Å². The van der Waals surface area contributed by atoms with Crippen LogP contribution >= 0.6 is 0 Å². The van der Waals surface area contributed by atoms with Gasteiger partial charge in [0.05, 0.1) is 45.8 Å². The quantitative estimate of drug-likeness (QED) is 0.628. The summed E-state index contributed by atoms with van der Waals surface area (Å²) in [6.45, 7) is 1.62. The maximum Gasteiger partial charge on any atom is 0.145 e. The Morgan fingerprint density at radius 1 is 1.15 bits per heavy atom. The van der Waals surface area contributed by atoms with Gasteiger partial charge in [-0.05, 0) is 12.1 Å². The molecule has 0 aromatic heterocycles. The SMILES string of the molecule is COCCOCC(O)CNc1ccc(OC)cc1OC. The zero-order chi connectivity index (χ0) is 14.8. The van der Waals surface area contributed by atoms with E-state index in [1.165, 1.54) is 0 Å². The van der Waals surface area contributed by atoms with Crippen molar-refractivity contribution in [2.75, 3.05) is 53.0 Å². The number of aliphatic hydroxyl groups is 1. The van der Waals surface area contributed by atoms with Gasteiger partial charge in [-0.15, -0.1) is 0 Å². The molecule has 0 aliphatic carbocycles. The van der Waals surface area contributed by atoms with Gasteiger partial charge >= 0.3 is 0 Å². The minimum atomic E-state index is -0.598. The van der Waals surface area contributed by atoms with E-state index in [2.05, 4.69) is 5.32 Å². The third kappa shape index (κ3) is 5.64. The summed E-state index contributed by atoms with van der Waals surface area (Å²) in [5.41, 5.74) is 0.796. The predicted molar refractivity (Wildman–Crippen MR) is 76.7 cm³/mol. The highest BCUT2D eigenvalue weighted by molar-refractivity contribution is 5.59. The van der Waals surface area contributed by atoms with E-state index in [0.717, 1.165) is 11.4 Å². The zero-order valence-corrected chi connectivity index (χ0v) is 12.2. The second kappa shape index (κ2) is 9.41. The lowest BCUT2D eigenvalue weighted by atomic mass is 10.2. The standard InChI is InChI=1S/C14H23NO5/c1-17-6-7-20-10-11(16)9-15-13-5-4-12(18-2)8-14(13)19-3/h4-5,8,11,15-16H,6-7,9-10H2,1-3H3. The largest absolute Gasteiger partial charge is 0.497 e. The van der Waals surface area contributed by atoms with Crippen molar-refractivity contribution in [3.05, 3.63) is 18.2 Å². The van der Waals surface area contributed by atoms with Crippen molar-refractivity contribution in [3.63, 3.8) is 0 Å². The van der Waals surface area contributed by atoms with E-state index in [4.69, 9.17) is 18.9 Å². The van der Waals surface area contributed by atoms with Crippen LogP contribution in [0.1, 0.15) is 0 Å². The number of aliphatic hydroxyl groups excluding tert-OH is 1. The number of rotatable bonds is 10. The van der Waals surface area contributed by atoms with Crippen molar-refractivity contribution in [2.24, 2.45) is 0 Å². The van der Waals surface area contributed by atoms with Crippen molar-refractivity contribution in [2.45, 2.75) is 6.10 Å². The van der Waals surface area contributed by atoms with E-state index >= 15 is 0 Å². The average Bonchev–Trinajstić information content (AvgIpc) is 2.49. The molecule has 0 bridgehead atoms. The lowest BCUT2D eigenvalue weighted by Gasteiger charge is -2.15. The molecule has 0 aliphatic heterocycles. The molecule has 2 N–H and O–H groups in total. The van der Waals surface area contributed by atoms with Crippen LogP contribution in [-0.2, 0) is 9.47 Å². The second-order valence-corrected chi connectivity index (χ2v) is 4.17. The molecule has 0 fully saturated rings. The van der Waals surface area contributed by atoms with Gasteiger partial charge in [-0.1, -0.05) is 0 Å². The highest BCUT2D eigenvalue weighted by Gasteiger charge is 2.08. The highest BCUT2D eigenvalue weighted by Crippen LogP contribution is 2.28. The Kier molecular flexibility index (Phi) is 7.79. The summed E-state index contributed by atoms with van der Waals surface area (Å²) in [5.74, 6) is 1.38. The van der Waals surface area contributed by atoms with Gasteiger partial charge in [0, 0.05) is 19.7 Å². The van der Waals surface area contributed by atoms with E-state index in [0.29, 0.717) is 25.5 Å². The lowest BCUT2D eigenvalue weighted by Crippen LogP contribution is -2.25. The van der Waals surface area contributed by atoms with Crippen LogP contribution in [-0.4, -0.2) is 58.9 Å². The minimum Gasteiger partial charge on any atom is -0.497 e. The molecule has 0 amide bonds. The first kappa shape index (κ1) is 16.6. The Balaban J connectivity index is 2.40. The summed E-state index contributed by atoms with van der Waals surface area (Å²) in [6, 6.07) is 5.45. The van der Waals surface area contributed by atoms with Crippen molar-refractivity contribution in [3.8, 4) is 11.5 Å². The molecule has 0 spiro atoms. The fourth-order valence-corrected chi connectivity index (χ4v) is 1.59.